The summed E-state index contributed by atoms with van der Waals surface area (Å²) in [5.41, 5.74) is 9.14. The van der Waals surface area contributed by atoms with Crippen LogP contribution in [0.25, 0.3) is 27.9 Å². The quantitative estimate of drug-likeness (QED) is 0.543. The summed E-state index contributed by atoms with van der Waals surface area (Å²) >= 11 is 0. The van der Waals surface area contributed by atoms with Crippen molar-refractivity contribution in [2.75, 3.05) is 13.1 Å². The van der Waals surface area contributed by atoms with E-state index >= 15 is 0 Å². The number of hydrogen-bond donors (Lipinski definition) is 2. The largest absolute Gasteiger partial charge is 0.353 e. The van der Waals surface area contributed by atoms with E-state index in [1.807, 2.05) is 0 Å². The maximum Gasteiger partial charge on any atom is 0.179 e. The van der Waals surface area contributed by atoms with Crippen molar-refractivity contribution in [1.29, 1.82) is 0 Å². The SMILES string of the molecule is Cc1c(-c2[nH]c3ccc(C4CCNCC4)cc3c2C(C)C)nn2ncnc2c1C. The Balaban J connectivity index is 1.72. The molecule has 0 unspecified atom stereocenters. The van der Waals surface area contributed by atoms with E-state index in [0.29, 0.717) is 11.8 Å². The molecule has 2 N–H and O–H groups in total. The van der Waals surface area contributed by atoms with Gasteiger partial charge in [-0.05, 0) is 80.4 Å². The summed E-state index contributed by atoms with van der Waals surface area (Å²) in [5, 5.41) is 13.9. The van der Waals surface area contributed by atoms with Crippen molar-refractivity contribution in [3.8, 4) is 11.4 Å². The van der Waals surface area contributed by atoms with E-state index in [2.05, 4.69) is 66.3 Å². The van der Waals surface area contributed by atoms with Gasteiger partial charge in [0.05, 0.1) is 5.69 Å². The molecule has 0 atom stereocenters. The van der Waals surface area contributed by atoms with Gasteiger partial charge >= 0.3 is 0 Å². The maximum atomic E-state index is 4.82. The van der Waals surface area contributed by atoms with Crippen molar-refractivity contribution >= 4 is 16.6 Å². The van der Waals surface area contributed by atoms with Crippen LogP contribution < -0.4 is 5.32 Å². The van der Waals surface area contributed by atoms with Crippen molar-refractivity contribution in [2.24, 2.45) is 0 Å². The highest BCUT2D eigenvalue weighted by Crippen LogP contribution is 2.38. The number of aromatic nitrogens is 5. The Labute approximate surface area is 170 Å². The molecule has 0 amide bonds. The van der Waals surface area contributed by atoms with Crippen molar-refractivity contribution in [3.63, 3.8) is 0 Å². The lowest BCUT2D eigenvalue weighted by molar-refractivity contribution is 0.460. The molecule has 0 saturated carbocycles. The van der Waals surface area contributed by atoms with Crippen LogP contribution in [0.2, 0.25) is 0 Å². The second-order valence-electron chi connectivity index (χ2n) is 8.57. The minimum absolute atomic E-state index is 0.384. The summed E-state index contributed by atoms with van der Waals surface area (Å²) in [6.45, 7) is 11.0. The third-order valence-corrected chi connectivity index (χ3v) is 6.47. The van der Waals surface area contributed by atoms with Crippen LogP contribution in [0.4, 0.5) is 0 Å². The number of H-pyrrole nitrogens is 1. The molecular formula is C23H28N6. The first-order chi connectivity index (χ1) is 14.0. The predicted molar refractivity (Wildman–Crippen MR) is 116 cm³/mol. The lowest BCUT2D eigenvalue weighted by atomic mass is 9.88. The average Bonchev–Trinajstić information content (AvgIpc) is 3.35. The summed E-state index contributed by atoms with van der Waals surface area (Å²) in [7, 11) is 0. The van der Waals surface area contributed by atoms with Crippen LogP contribution in [-0.4, -0.2) is 37.9 Å². The highest BCUT2D eigenvalue weighted by atomic mass is 15.4. The van der Waals surface area contributed by atoms with Crippen LogP contribution in [0.5, 0.6) is 0 Å². The second-order valence-corrected chi connectivity index (χ2v) is 8.57. The van der Waals surface area contributed by atoms with Crippen LogP contribution in [0.3, 0.4) is 0 Å². The molecule has 6 heteroatoms. The molecule has 0 spiro atoms. The van der Waals surface area contributed by atoms with Gasteiger partial charge in [-0.3, -0.25) is 0 Å². The Kier molecular flexibility index (Phi) is 4.39. The summed E-state index contributed by atoms with van der Waals surface area (Å²) in [4.78, 5) is 8.03. The fraction of sp³-hybridized carbons (Fsp3) is 0.435. The Morgan fingerprint density at radius 2 is 1.90 bits per heavy atom. The molecule has 1 aliphatic heterocycles. The van der Waals surface area contributed by atoms with E-state index in [1.54, 1.807) is 11.0 Å². The van der Waals surface area contributed by atoms with E-state index in [-0.39, 0.29) is 0 Å². The lowest BCUT2D eigenvalue weighted by Crippen LogP contribution is -2.26. The fourth-order valence-corrected chi connectivity index (χ4v) is 4.73. The molecule has 1 aromatic carbocycles. The number of benzene rings is 1. The summed E-state index contributed by atoms with van der Waals surface area (Å²) < 4.78 is 1.65. The van der Waals surface area contributed by atoms with Gasteiger partial charge in [0, 0.05) is 16.5 Å². The van der Waals surface area contributed by atoms with Crippen LogP contribution in [0.1, 0.15) is 60.8 Å². The van der Waals surface area contributed by atoms with E-state index in [1.165, 1.54) is 34.9 Å². The summed E-state index contributed by atoms with van der Waals surface area (Å²) in [5.74, 6) is 1.03. The van der Waals surface area contributed by atoms with Gasteiger partial charge in [-0.2, -0.15) is 0 Å². The van der Waals surface area contributed by atoms with Crippen molar-refractivity contribution < 1.29 is 0 Å². The minimum atomic E-state index is 0.384. The van der Waals surface area contributed by atoms with E-state index < -0.39 is 0 Å². The molecule has 0 radical (unpaired) electrons. The molecule has 5 rings (SSSR count). The smallest absolute Gasteiger partial charge is 0.179 e. The Morgan fingerprint density at radius 3 is 2.66 bits per heavy atom. The zero-order chi connectivity index (χ0) is 20.1. The summed E-state index contributed by atoms with van der Waals surface area (Å²) in [6.07, 6.45) is 3.99. The zero-order valence-electron chi connectivity index (χ0n) is 17.6. The van der Waals surface area contributed by atoms with Crippen molar-refractivity contribution in [1.82, 2.24) is 30.1 Å². The number of hydrogen-bond acceptors (Lipinski definition) is 4. The molecule has 0 bridgehead atoms. The number of nitrogens with one attached hydrogen (secondary N) is 2. The third kappa shape index (κ3) is 2.94. The van der Waals surface area contributed by atoms with Gasteiger partial charge < -0.3 is 10.3 Å². The molecule has 1 aliphatic rings. The van der Waals surface area contributed by atoms with Crippen LogP contribution in [0.15, 0.2) is 24.5 Å². The van der Waals surface area contributed by atoms with Gasteiger partial charge in [0.1, 0.15) is 12.0 Å². The van der Waals surface area contributed by atoms with Gasteiger partial charge in [0.25, 0.3) is 0 Å². The molecule has 1 fully saturated rings. The molecule has 3 aromatic heterocycles. The van der Waals surface area contributed by atoms with Gasteiger partial charge in [0.15, 0.2) is 5.65 Å². The van der Waals surface area contributed by atoms with E-state index in [4.69, 9.17) is 5.10 Å². The minimum Gasteiger partial charge on any atom is -0.353 e. The van der Waals surface area contributed by atoms with Crippen LogP contribution >= 0.6 is 0 Å². The monoisotopic (exact) mass is 388 g/mol. The number of nitrogens with zero attached hydrogens (tertiary/aromatic N) is 4. The second kappa shape index (κ2) is 6.95. The van der Waals surface area contributed by atoms with Gasteiger partial charge in [-0.25, -0.2) is 4.98 Å². The average molecular weight is 389 g/mol. The number of piperidine rings is 1. The Bertz CT molecular complexity index is 1190. The number of aryl methyl sites for hydroxylation is 1. The van der Waals surface area contributed by atoms with E-state index in [0.717, 1.165) is 41.3 Å². The summed E-state index contributed by atoms with van der Waals surface area (Å²) in [6, 6.07) is 6.96. The van der Waals surface area contributed by atoms with Crippen LogP contribution in [0, 0.1) is 13.8 Å². The molecule has 4 heterocycles. The maximum absolute atomic E-state index is 4.82. The van der Waals surface area contributed by atoms with Gasteiger partial charge in [-0.1, -0.05) is 19.9 Å². The first-order valence-electron chi connectivity index (χ1n) is 10.6. The molecule has 0 aliphatic carbocycles. The molecule has 6 nitrogen and oxygen atoms in total. The van der Waals surface area contributed by atoms with E-state index in [9.17, 15) is 0 Å². The predicted octanol–water partition coefficient (Wildman–Crippen LogP) is 4.48. The Hall–Kier alpha value is -2.73. The standard InChI is InChI=1S/C23H28N6/c1-13(2)20-18-11-17(16-7-9-24-10-8-16)5-6-19(18)27-22(20)21-14(3)15(4)23-25-12-26-29(23)28-21/h5-6,11-13,16,24,27H,7-10H2,1-4H3. The lowest BCUT2D eigenvalue weighted by Gasteiger charge is -2.23. The number of fused-ring (bicyclic) bond motifs is 2. The van der Waals surface area contributed by atoms with Crippen LogP contribution in [-0.2, 0) is 0 Å². The molecular weight excluding hydrogens is 360 g/mol. The first-order valence-corrected chi connectivity index (χ1v) is 10.6. The highest BCUT2D eigenvalue weighted by Gasteiger charge is 2.23. The molecule has 150 valence electrons. The number of aromatic amines is 1. The van der Waals surface area contributed by atoms with Crippen molar-refractivity contribution in [2.45, 2.75) is 52.4 Å². The van der Waals surface area contributed by atoms with Gasteiger partial charge in [-0.15, -0.1) is 14.8 Å². The molecule has 29 heavy (non-hydrogen) atoms. The topological polar surface area (TPSA) is 70.9 Å². The van der Waals surface area contributed by atoms with Gasteiger partial charge in [0.2, 0.25) is 0 Å². The fourth-order valence-electron chi connectivity index (χ4n) is 4.73. The normalized spacial score (nSPS) is 15.8. The Morgan fingerprint density at radius 1 is 1.10 bits per heavy atom. The highest BCUT2D eigenvalue weighted by molar-refractivity contribution is 5.92. The molecule has 4 aromatic rings. The first kappa shape index (κ1) is 18.3. The third-order valence-electron chi connectivity index (χ3n) is 6.47. The number of rotatable bonds is 3. The van der Waals surface area contributed by atoms with Crippen molar-refractivity contribution in [3.05, 3.63) is 46.8 Å². The molecule has 1 saturated heterocycles. The zero-order valence-corrected chi connectivity index (χ0v) is 17.6.